The van der Waals surface area contributed by atoms with Gasteiger partial charge in [0, 0.05) is 17.5 Å². The summed E-state index contributed by atoms with van der Waals surface area (Å²) < 4.78 is 1.88. The van der Waals surface area contributed by atoms with Crippen LogP contribution in [0.2, 0.25) is 0 Å². The van der Waals surface area contributed by atoms with Gasteiger partial charge in [-0.2, -0.15) is 9.61 Å². The standard InChI is InChI=1S/C14H15N5S/c1-9-11(7-8-15-9)13-18-19-12(16-17-14(19)20-13)10-5-3-2-4-6-10/h2-6,9,11,15H,7-8H2,1H3. The summed E-state index contributed by atoms with van der Waals surface area (Å²) in [6.07, 6.45) is 1.14. The van der Waals surface area contributed by atoms with Gasteiger partial charge in [-0.25, -0.2) is 0 Å². The maximum absolute atomic E-state index is 4.75. The van der Waals surface area contributed by atoms with Crippen LogP contribution < -0.4 is 5.32 Å². The molecule has 2 unspecified atom stereocenters. The second kappa shape index (κ2) is 4.64. The maximum Gasteiger partial charge on any atom is 0.234 e. The van der Waals surface area contributed by atoms with Gasteiger partial charge in [0.15, 0.2) is 5.82 Å². The van der Waals surface area contributed by atoms with Crippen molar-refractivity contribution in [2.75, 3.05) is 6.54 Å². The molecule has 1 saturated heterocycles. The quantitative estimate of drug-likeness (QED) is 0.785. The van der Waals surface area contributed by atoms with Crippen molar-refractivity contribution in [2.24, 2.45) is 0 Å². The molecule has 5 nitrogen and oxygen atoms in total. The van der Waals surface area contributed by atoms with Gasteiger partial charge in [0.1, 0.15) is 5.01 Å². The van der Waals surface area contributed by atoms with E-state index in [4.69, 9.17) is 5.10 Å². The van der Waals surface area contributed by atoms with Crippen LogP contribution in [0.5, 0.6) is 0 Å². The molecule has 1 N–H and O–H groups in total. The van der Waals surface area contributed by atoms with Crippen molar-refractivity contribution in [1.29, 1.82) is 0 Å². The summed E-state index contributed by atoms with van der Waals surface area (Å²) in [5.74, 6) is 1.31. The minimum absolute atomic E-state index is 0.485. The molecule has 0 bridgehead atoms. The molecule has 2 atom stereocenters. The molecule has 3 aromatic rings. The minimum Gasteiger partial charge on any atom is -0.314 e. The zero-order chi connectivity index (χ0) is 13.5. The van der Waals surface area contributed by atoms with Crippen molar-refractivity contribution in [1.82, 2.24) is 25.1 Å². The van der Waals surface area contributed by atoms with Crippen LogP contribution in [-0.4, -0.2) is 32.4 Å². The first-order chi connectivity index (χ1) is 9.83. The molecule has 0 radical (unpaired) electrons. The third kappa shape index (κ3) is 1.83. The summed E-state index contributed by atoms with van der Waals surface area (Å²) in [6, 6.07) is 10.6. The largest absolute Gasteiger partial charge is 0.314 e. The van der Waals surface area contributed by atoms with E-state index in [9.17, 15) is 0 Å². The van der Waals surface area contributed by atoms with Gasteiger partial charge in [-0.3, -0.25) is 0 Å². The molecular weight excluding hydrogens is 270 g/mol. The number of hydrogen-bond donors (Lipinski definition) is 1. The van der Waals surface area contributed by atoms with E-state index in [-0.39, 0.29) is 0 Å². The molecule has 1 aromatic carbocycles. The van der Waals surface area contributed by atoms with Crippen LogP contribution in [0.3, 0.4) is 0 Å². The third-order valence-electron chi connectivity index (χ3n) is 3.88. The molecule has 0 saturated carbocycles. The fraction of sp³-hybridized carbons (Fsp3) is 0.357. The minimum atomic E-state index is 0.485. The Bertz CT molecular complexity index is 732. The number of hydrogen-bond acceptors (Lipinski definition) is 5. The Balaban J connectivity index is 1.79. The van der Waals surface area contributed by atoms with E-state index in [2.05, 4.69) is 22.4 Å². The molecule has 1 aliphatic rings. The SMILES string of the molecule is CC1NCCC1c1nn2c(-c3ccccc3)nnc2s1. The van der Waals surface area contributed by atoms with Crippen LogP contribution in [0, 0.1) is 0 Å². The average molecular weight is 285 g/mol. The molecule has 1 aliphatic heterocycles. The van der Waals surface area contributed by atoms with Gasteiger partial charge in [0.25, 0.3) is 0 Å². The van der Waals surface area contributed by atoms with Crippen molar-refractivity contribution in [2.45, 2.75) is 25.3 Å². The Morgan fingerprint density at radius 3 is 2.85 bits per heavy atom. The Hall–Kier alpha value is -1.79. The predicted octanol–water partition coefficient (Wildman–Crippen LogP) is 2.32. The first kappa shape index (κ1) is 12.0. The van der Waals surface area contributed by atoms with E-state index in [0.29, 0.717) is 12.0 Å². The van der Waals surface area contributed by atoms with Gasteiger partial charge in [-0.1, -0.05) is 41.7 Å². The van der Waals surface area contributed by atoms with E-state index in [1.54, 1.807) is 11.3 Å². The predicted molar refractivity (Wildman–Crippen MR) is 78.9 cm³/mol. The van der Waals surface area contributed by atoms with E-state index >= 15 is 0 Å². The summed E-state index contributed by atoms with van der Waals surface area (Å²) in [7, 11) is 0. The molecule has 0 spiro atoms. The number of nitrogens with zero attached hydrogens (tertiary/aromatic N) is 4. The summed E-state index contributed by atoms with van der Waals surface area (Å²) in [4.78, 5) is 0.873. The van der Waals surface area contributed by atoms with E-state index in [0.717, 1.165) is 34.3 Å². The van der Waals surface area contributed by atoms with Gasteiger partial charge < -0.3 is 5.32 Å². The molecule has 4 rings (SSSR count). The zero-order valence-corrected chi connectivity index (χ0v) is 12.0. The van der Waals surface area contributed by atoms with Gasteiger partial charge >= 0.3 is 0 Å². The second-order valence-corrected chi connectivity index (χ2v) is 6.15. The first-order valence-corrected chi connectivity index (χ1v) is 7.65. The highest BCUT2D eigenvalue weighted by molar-refractivity contribution is 7.16. The fourth-order valence-electron chi connectivity index (χ4n) is 2.74. The van der Waals surface area contributed by atoms with Crippen LogP contribution in [0.25, 0.3) is 16.3 Å². The third-order valence-corrected chi connectivity index (χ3v) is 4.91. The van der Waals surface area contributed by atoms with E-state index in [1.165, 1.54) is 0 Å². The highest BCUT2D eigenvalue weighted by Crippen LogP contribution is 2.31. The van der Waals surface area contributed by atoms with Crippen molar-refractivity contribution < 1.29 is 0 Å². The topological polar surface area (TPSA) is 55.1 Å². The Morgan fingerprint density at radius 1 is 1.25 bits per heavy atom. The Kier molecular flexibility index (Phi) is 2.78. The Morgan fingerprint density at radius 2 is 2.10 bits per heavy atom. The molecule has 1 fully saturated rings. The van der Waals surface area contributed by atoms with Crippen LogP contribution >= 0.6 is 11.3 Å². The molecule has 3 heterocycles. The number of nitrogens with one attached hydrogen (secondary N) is 1. The van der Waals surface area contributed by atoms with Crippen LogP contribution in [0.1, 0.15) is 24.3 Å². The molecule has 20 heavy (non-hydrogen) atoms. The van der Waals surface area contributed by atoms with Crippen LogP contribution in [-0.2, 0) is 0 Å². The van der Waals surface area contributed by atoms with Crippen molar-refractivity contribution in [3.05, 3.63) is 35.3 Å². The number of benzene rings is 1. The van der Waals surface area contributed by atoms with E-state index < -0.39 is 0 Å². The lowest BCUT2D eigenvalue weighted by atomic mass is 10.0. The molecule has 6 heteroatoms. The maximum atomic E-state index is 4.75. The molecule has 102 valence electrons. The summed E-state index contributed by atoms with van der Waals surface area (Å²) >= 11 is 1.65. The highest BCUT2D eigenvalue weighted by atomic mass is 32.1. The lowest BCUT2D eigenvalue weighted by molar-refractivity contribution is 0.585. The van der Waals surface area contributed by atoms with Gasteiger partial charge in [-0.05, 0) is 19.9 Å². The molecule has 2 aromatic heterocycles. The summed E-state index contributed by atoms with van der Waals surface area (Å²) in [6.45, 7) is 3.29. The first-order valence-electron chi connectivity index (χ1n) is 6.84. The summed E-state index contributed by atoms with van der Waals surface area (Å²) in [5, 5.41) is 17.9. The van der Waals surface area contributed by atoms with Gasteiger partial charge in [0.05, 0.1) is 0 Å². The van der Waals surface area contributed by atoms with Crippen LogP contribution in [0.15, 0.2) is 30.3 Å². The van der Waals surface area contributed by atoms with Crippen LogP contribution in [0.4, 0.5) is 0 Å². The highest BCUT2D eigenvalue weighted by Gasteiger charge is 2.28. The van der Waals surface area contributed by atoms with Crippen molar-refractivity contribution in [3.63, 3.8) is 0 Å². The normalized spacial score (nSPS) is 22.6. The Labute approximate surface area is 120 Å². The van der Waals surface area contributed by atoms with Crippen molar-refractivity contribution >= 4 is 16.3 Å². The molecule has 0 amide bonds. The smallest absolute Gasteiger partial charge is 0.234 e. The fourth-order valence-corrected chi connectivity index (χ4v) is 3.82. The van der Waals surface area contributed by atoms with E-state index in [1.807, 2.05) is 34.8 Å². The van der Waals surface area contributed by atoms with Crippen molar-refractivity contribution in [3.8, 4) is 11.4 Å². The monoisotopic (exact) mass is 285 g/mol. The molecular formula is C14H15N5S. The van der Waals surface area contributed by atoms with Gasteiger partial charge in [0.2, 0.25) is 4.96 Å². The number of aromatic nitrogens is 4. The number of rotatable bonds is 2. The lowest BCUT2D eigenvalue weighted by Crippen LogP contribution is -2.21. The van der Waals surface area contributed by atoms with Gasteiger partial charge in [-0.15, -0.1) is 10.2 Å². The number of fused-ring (bicyclic) bond motifs is 1. The average Bonchev–Trinajstić information content (AvgIpc) is 3.13. The zero-order valence-electron chi connectivity index (χ0n) is 11.2. The summed E-state index contributed by atoms with van der Waals surface area (Å²) in [5.41, 5.74) is 1.05. The lowest BCUT2D eigenvalue weighted by Gasteiger charge is -2.10. The molecule has 0 aliphatic carbocycles. The second-order valence-electron chi connectivity index (χ2n) is 5.16.